The molecule has 0 spiro atoms. The third-order valence-electron chi connectivity index (χ3n) is 4.38. The average molecular weight is 270 g/mol. The molecular weight excluding hydrogens is 244 g/mol. The van der Waals surface area contributed by atoms with Gasteiger partial charge in [0.1, 0.15) is 5.54 Å². The van der Waals surface area contributed by atoms with Crippen LogP contribution in [0.5, 0.6) is 0 Å². The monoisotopic (exact) mass is 270 g/mol. The molecular formula is C14H26N2O3. The van der Waals surface area contributed by atoms with Gasteiger partial charge in [-0.05, 0) is 39.7 Å². The number of carboxylic acids is 1. The Labute approximate surface area is 115 Å². The van der Waals surface area contributed by atoms with Crippen molar-refractivity contribution in [2.24, 2.45) is 0 Å². The van der Waals surface area contributed by atoms with Crippen LogP contribution in [0.25, 0.3) is 0 Å². The first-order chi connectivity index (χ1) is 8.88. The van der Waals surface area contributed by atoms with Gasteiger partial charge in [-0.15, -0.1) is 0 Å². The molecule has 5 heteroatoms. The maximum Gasteiger partial charge on any atom is 0.323 e. The highest BCUT2D eigenvalue weighted by molar-refractivity contribution is 5.79. The summed E-state index contributed by atoms with van der Waals surface area (Å²) in [6.07, 6.45) is 2.38. The highest BCUT2D eigenvalue weighted by Crippen LogP contribution is 2.35. The summed E-state index contributed by atoms with van der Waals surface area (Å²) in [4.78, 5) is 14.0. The summed E-state index contributed by atoms with van der Waals surface area (Å²) >= 11 is 0. The van der Waals surface area contributed by atoms with E-state index < -0.39 is 11.5 Å². The van der Waals surface area contributed by atoms with E-state index in [4.69, 9.17) is 4.74 Å². The molecule has 2 atom stereocenters. The van der Waals surface area contributed by atoms with Crippen LogP contribution < -0.4 is 5.32 Å². The highest BCUT2D eigenvalue weighted by atomic mass is 16.5. The van der Waals surface area contributed by atoms with E-state index in [1.807, 2.05) is 6.92 Å². The number of rotatable bonds is 4. The Hall–Kier alpha value is -0.650. The molecule has 2 fully saturated rings. The molecule has 0 bridgehead atoms. The molecule has 19 heavy (non-hydrogen) atoms. The van der Waals surface area contributed by atoms with Crippen LogP contribution in [0.3, 0.4) is 0 Å². The molecule has 5 nitrogen and oxygen atoms in total. The number of hydrogen-bond acceptors (Lipinski definition) is 4. The summed E-state index contributed by atoms with van der Waals surface area (Å²) in [7, 11) is 0. The number of morpholine rings is 1. The summed E-state index contributed by atoms with van der Waals surface area (Å²) in [5.74, 6) is -0.704. The van der Waals surface area contributed by atoms with Crippen LogP contribution in [0.2, 0.25) is 0 Å². The number of carbonyl (C=O) groups is 1. The second-order valence-electron chi connectivity index (χ2n) is 6.39. The number of aliphatic carboxylic acids is 1. The molecule has 1 aliphatic heterocycles. The van der Waals surface area contributed by atoms with Crippen molar-refractivity contribution in [1.29, 1.82) is 0 Å². The van der Waals surface area contributed by atoms with Crippen LogP contribution in [-0.2, 0) is 9.53 Å². The Morgan fingerprint density at radius 2 is 2.26 bits per heavy atom. The van der Waals surface area contributed by atoms with E-state index >= 15 is 0 Å². The van der Waals surface area contributed by atoms with Crippen LogP contribution >= 0.6 is 0 Å². The van der Waals surface area contributed by atoms with E-state index in [0.29, 0.717) is 19.0 Å². The number of hydrogen-bond donors (Lipinski definition) is 2. The Morgan fingerprint density at radius 1 is 1.53 bits per heavy atom. The Balaban J connectivity index is 2.02. The summed E-state index contributed by atoms with van der Waals surface area (Å²) in [5.41, 5.74) is -0.841. The molecule has 2 unspecified atom stereocenters. The predicted octanol–water partition coefficient (Wildman–Crippen LogP) is 1.08. The number of ether oxygens (including phenoxy) is 1. The summed E-state index contributed by atoms with van der Waals surface area (Å²) in [6, 6.07) is 0.360. The van der Waals surface area contributed by atoms with Crippen LogP contribution in [0, 0.1) is 0 Å². The number of carboxylic acid groups (broad SMARTS) is 1. The molecule has 0 aromatic rings. The lowest BCUT2D eigenvalue weighted by atomic mass is 9.96. The third-order valence-corrected chi connectivity index (χ3v) is 4.38. The molecule has 0 aromatic carbocycles. The average Bonchev–Trinajstić information content (AvgIpc) is 2.74. The molecule has 0 amide bonds. The largest absolute Gasteiger partial charge is 0.480 e. The normalized spacial score (nSPS) is 35.4. The number of likely N-dealkylation sites (N-methyl/N-ethyl adjacent to an activating group) is 1. The van der Waals surface area contributed by atoms with Gasteiger partial charge in [0.05, 0.1) is 12.2 Å². The predicted molar refractivity (Wildman–Crippen MR) is 73.3 cm³/mol. The van der Waals surface area contributed by atoms with Gasteiger partial charge in [0.2, 0.25) is 0 Å². The summed E-state index contributed by atoms with van der Waals surface area (Å²) < 4.78 is 5.73. The lowest BCUT2D eigenvalue weighted by Gasteiger charge is -2.41. The molecule has 2 aliphatic rings. The van der Waals surface area contributed by atoms with Gasteiger partial charge in [0.15, 0.2) is 0 Å². The first kappa shape index (κ1) is 14.8. The fraction of sp³-hybridized carbons (Fsp3) is 0.929. The maximum absolute atomic E-state index is 11.6. The smallest absolute Gasteiger partial charge is 0.323 e. The van der Waals surface area contributed by atoms with Gasteiger partial charge in [-0.3, -0.25) is 9.69 Å². The Bertz CT molecular complexity index is 346. The lowest BCUT2D eigenvalue weighted by molar-refractivity contribution is -0.145. The molecule has 110 valence electrons. The van der Waals surface area contributed by atoms with E-state index in [0.717, 1.165) is 32.5 Å². The number of nitrogens with one attached hydrogen (secondary N) is 1. The zero-order valence-corrected chi connectivity index (χ0v) is 12.2. The van der Waals surface area contributed by atoms with Crippen molar-refractivity contribution < 1.29 is 14.6 Å². The van der Waals surface area contributed by atoms with Crippen LogP contribution in [0.4, 0.5) is 0 Å². The van der Waals surface area contributed by atoms with Crippen LogP contribution in [-0.4, -0.2) is 59.4 Å². The molecule has 2 rings (SSSR count). The fourth-order valence-electron chi connectivity index (χ4n) is 3.46. The molecule has 0 aromatic heterocycles. The topological polar surface area (TPSA) is 61.8 Å². The molecule has 1 saturated carbocycles. The minimum atomic E-state index is -0.720. The van der Waals surface area contributed by atoms with Gasteiger partial charge in [-0.1, -0.05) is 6.92 Å². The van der Waals surface area contributed by atoms with Gasteiger partial charge in [0.25, 0.3) is 0 Å². The van der Waals surface area contributed by atoms with Crippen molar-refractivity contribution in [2.45, 2.75) is 57.2 Å². The van der Waals surface area contributed by atoms with E-state index in [1.54, 1.807) is 0 Å². The van der Waals surface area contributed by atoms with Crippen molar-refractivity contribution in [2.75, 3.05) is 26.2 Å². The van der Waals surface area contributed by atoms with Crippen molar-refractivity contribution >= 4 is 5.97 Å². The van der Waals surface area contributed by atoms with E-state index in [1.165, 1.54) is 0 Å². The Kier molecular flexibility index (Phi) is 4.18. The van der Waals surface area contributed by atoms with Crippen LogP contribution in [0.15, 0.2) is 0 Å². The second-order valence-corrected chi connectivity index (χ2v) is 6.39. The van der Waals surface area contributed by atoms with E-state index in [-0.39, 0.29) is 5.60 Å². The Morgan fingerprint density at radius 3 is 2.84 bits per heavy atom. The molecule has 2 N–H and O–H groups in total. The zero-order valence-electron chi connectivity index (χ0n) is 12.2. The molecule has 0 radical (unpaired) electrons. The first-order valence-electron chi connectivity index (χ1n) is 7.25. The minimum absolute atomic E-state index is 0.120. The van der Waals surface area contributed by atoms with Crippen molar-refractivity contribution in [1.82, 2.24) is 10.2 Å². The van der Waals surface area contributed by atoms with Crippen molar-refractivity contribution in [3.8, 4) is 0 Å². The van der Waals surface area contributed by atoms with E-state index in [9.17, 15) is 9.90 Å². The molecule has 1 saturated heterocycles. The van der Waals surface area contributed by atoms with Gasteiger partial charge < -0.3 is 15.2 Å². The van der Waals surface area contributed by atoms with E-state index in [2.05, 4.69) is 24.1 Å². The fourth-order valence-corrected chi connectivity index (χ4v) is 3.46. The second kappa shape index (κ2) is 5.38. The van der Waals surface area contributed by atoms with Crippen LogP contribution in [0.1, 0.15) is 40.0 Å². The van der Waals surface area contributed by atoms with Crippen molar-refractivity contribution in [3.63, 3.8) is 0 Å². The summed E-state index contributed by atoms with van der Waals surface area (Å²) in [6.45, 7) is 9.41. The zero-order chi connectivity index (χ0) is 14.1. The van der Waals surface area contributed by atoms with Gasteiger partial charge in [0, 0.05) is 19.1 Å². The molecule has 1 heterocycles. The standard InChI is InChI=1S/C14H26N2O3/c1-4-15-14(12(17)18)6-5-11(9-14)16-7-8-19-13(2,3)10-16/h11,15H,4-10H2,1-3H3,(H,17,18). The molecule has 1 aliphatic carbocycles. The minimum Gasteiger partial charge on any atom is -0.480 e. The third kappa shape index (κ3) is 3.09. The van der Waals surface area contributed by atoms with Gasteiger partial charge in [-0.25, -0.2) is 0 Å². The number of nitrogens with zero attached hydrogens (tertiary/aromatic N) is 1. The first-order valence-corrected chi connectivity index (χ1v) is 7.25. The SMILES string of the molecule is CCNC1(C(=O)O)CCC(N2CCOC(C)(C)C2)C1. The highest BCUT2D eigenvalue weighted by Gasteiger charge is 2.47. The van der Waals surface area contributed by atoms with Crippen molar-refractivity contribution in [3.05, 3.63) is 0 Å². The van der Waals surface area contributed by atoms with Gasteiger partial charge >= 0.3 is 5.97 Å². The lowest BCUT2D eigenvalue weighted by Crippen LogP contribution is -2.54. The quantitative estimate of drug-likeness (QED) is 0.800. The maximum atomic E-state index is 11.6. The van der Waals surface area contributed by atoms with Gasteiger partial charge in [-0.2, -0.15) is 0 Å². The summed E-state index contributed by atoms with van der Waals surface area (Å²) in [5, 5.41) is 12.7.